The van der Waals surface area contributed by atoms with Crippen LogP contribution in [0.3, 0.4) is 0 Å². The number of carbonyl (C=O) groups is 1. The van der Waals surface area contributed by atoms with Gasteiger partial charge in [-0.2, -0.15) is 0 Å². The van der Waals surface area contributed by atoms with Crippen molar-refractivity contribution in [3.05, 3.63) is 71.3 Å². The fourth-order valence-electron chi connectivity index (χ4n) is 3.06. The standard InChI is InChI=1S/C23H30F2N2O4/c1-22(2,3)31-21(29)27(14-16-8-6-5-7-9-16)15-20(28)23(26,30-4)13-17-10-18(24)12-19(25)11-17/h5-12,20,28H,13-15,26H2,1-4H3/t20-,23+/m1/s1. The summed E-state index contributed by atoms with van der Waals surface area (Å²) in [6.07, 6.45) is -2.18. The van der Waals surface area contributed by atoms with E-state index in [0.717, 1.165) is 23.8 Å². The van der Waals surface area contributed by atoms with E-state index in [1.807, 2.05) is 30.3 Å². The van der Waals surface area contributed by atoms with Crippen molar-refractivity contribution in [2.45, 2.75) is 51.2 Å². The first kappa shape index (κ1) is 24.7. The first-order valence-electron chi connectivity index (χ1n) is 9.91. The van der Waals surface area contributed by atoms with E-state index in [0.29, 0.717) is 0 Å². The van der Waals surface area contributed by atoms with Crippen molar-refractivity contribution in [2.75, 3.05) is 13.7 Å². The molecule has 0 bridgehead atoms. The molecule has 6 nitrogen and oxygen atoms in total. The SMILES string of the molecule is CO[C@@](N)(Cc1cc(F)cc(F)c1)[C@H](O)CN(Cc1ccccc1)C(=O)OC(C)(C)C. The average molecular weight is 436 g/mol. The van der Waals surface area contributed by atoms with Gasteiger partial charge in [-0.3, -0.25) is 0 Å². The number of carbonyl (C=O) groups excluding carboxylic acids is 1. The molecular formula is C23H30F2N2O4. The second-order valence-corrected chi connectivity index (χ2v) is 8.48. The Morgan fingerprint density at radius 3 is 2.19 bits per heavy atom. The van der Waals surface area contributed by atoms with Gasteiger partial charge in [-0.15, -0.1) is 0 Å². The Morgan fingerprint density at radius 2 is 1.68 bits per heavy atom. The van der Waals surface area contributed by atoms with Crippen molar-refractivity contribution >= 4 is 6.09 Å². The number of benzene rings is 2. The van der Waals surface area contributed by atoms with Crippen LogP contribution >= 0.6 is 0 Å². The molecule has 0 aliphatic rings. The minimum atomic E-state index is -1.70. The van der Waals surface area contributed by atoms with Crippen LogP contribution in [0.1, 0.15) is 31.9 Å². The maximum atomic E-state index is 13.6. The van der Waals surface area contributed by atoms with E-state index in [1.165, 1.54) is 12.0 Å². The summed E-state index contributed by atoms with van der Waals surface area (Å²) in [4.78, 5) is 14.1. The van der Waals surface area contributed by atoms with E-state index in [2.05, 4.69) is 0 Å². The molecule has 2 aromatic carbocycles. The Bertz CT molecular complexity index is 853. The molecule has 3 N–H and O–H groups in total. The lowest BCUT2D eigenvalue weighted by Gasteiger charge is -2.36. The Hall–Kier alpha value is -2.55. The Labute approximate surface area is 181 Å². The van der Waals surface area contributed by atoms with Crippen LogP contribution in [0.5, 0.6) is 0 Å². The van der Waals surface area contributed by atoms with Crippen molar-refractivity contribution in [3.63, 3.8) is 0 Å². The van der Waals surface area contributed by atoms with Gasteiger partial charge < -0.3 is 25.2 Å². The van der Waals surface area contributed by atoms with E-state index >= 15 is 0 Å². The normalized spacial score (nSPS) is 14.6. The zero-order chi connectivity index (χ0) is 23.2. The molecule has 0 spiro atoms. The van der Waals surface area contributed by atoms with Gasteiger partial charge in [0.15, 0.2) is 0 Å². The zero-order valence-electron chi connectivity index (χ0n) is 18.3. The van der Waals surface area contributed by atoms with Crippen LogP contribution in [0.25, 0.3) is 0 Å². The molecule has 1 amide bonds. The molecule has 170 valence electrons. The number of rotatable bonds is 8. The third kappa shape index (κ3) is 7.57. The lowest BCUT2D eigenvalue weighted by Crippen LogP contribution is -2.58. The quantitative estimate of drug-likeness (QED) is 0.618. The minimum Gasteiger partial charge on any atom is -0.444 e. The number of nitrogens with two attached hydrogens (primary N) is 1. The molecule has 31 heavy (non-hydrogen) atoms. The third-order valence-electron chi connectivity index (χ3n) is 4.61. The van der Waals surface area contributed by atoms with Crippen LogP contribution < -0.4 is 5.73 Å². The fraction of sp³-hybridized carbons (Fsp3) is 0.435. The Morgan fingerprint density at radius 1 is 1.10 bits per heavy atom. The first-order valence-corrected chi connectivity index (χ1v) is 9.91. The van der Waals surface area contributed by atoms with Gasteiger partial charge in [-0.1, -0.05) is 30.3 Å². The van der Waals surface area contributed by atoms with Gasteiger partial charge >= 0.3 is 6.09 Å². The maximum Gasteiger partial charge on any atom is 0.410 e. The van der Waals surface area contributed by atoms with Crippen LogP contribution in [0.2, 0.25) is 0 Å². The lowest BCUT2D eigenvalue weighted by molar-refractivity contribution is -0.108. The zero-order valence-corrected chi connectivity index (χ0v) is 18.3. The second-order valence-electron chi connectivity index (χ2n) is 8.48. The van der Waals surface area contributed by atoms with Gasteiger partial charge in [-0.25, -0.2) is 13.6 Å². The fourth-order valence-corrected chi connectivity index (χ4v) is 3.06. The van der Waals surface area contributed by atoms with E-state index in [1.54, 1.807) is 20.8 Å². The summed E-state index contributed by atoms with van der Waals surface area (Å²) in [6, 6.07) is 12.2. The molecule has 2 aromatic rings. The lowest BCUT2D eigenvalue weighted by atomic mass is 9.97. The summed E-state index contributed by atoms with van der Waals surface area (Å²) < 4.78 is 37.9. The predicted octanol–water partition coefficient (Wildman–Crippen LogP) is 3.61. The van der Waals surface area contributed by atoms with Crippen molar-refractivity contribution < 1.29 is 28.2 Å². The highest BCUT2D eigenvalue weighted by Crippen LogP contribution is 2.21. The first-order chi connectivity index (χ1) is 14.4. The van der Waals surface area contributed by atoms with Crippen molar-refractivity contribution in [1.82, 2.24) is 4.90 Å². The number of methoxy groups -OCH3 is 1. The van der Waals surface area contributed by atoms with Gasteiger partial charge in [0, 0.05) is 26.1 Å². The largest absolute Gasteiger partial charge is 0.444 e. The van der Waals surface area contributed by atoms with Crippen molar-refractivity contribution in [3.8, 4) is 0 Å². The molecular weight excluding hydrogens is 406 g/mol. The number of halogens is 2. The third-order valence-corrected chi connectivity index (χ3v) is 4.61. The van der Waals surface area contributed by atoms with E-state index in [9.17, 15) is 18.7 Å². The number of ether oxygens (including phenoxy) is 2. The number of hydrogen-bond donors (Lipinski definition) is 2. The molecule has 0 saturated heterocycles. The monoisotopic (exact) mass is 436 g/mol. The van der Waals surface area contributed by atoms with Crippen LogP contribution in [0.4, 0.5) is 13.6 Å². The summed E-state index contributed by atoms with van der Waals surface area (Å²) in [5.74, 6) is -1.52. The van der Waals surface area contributed by atoms with Gasteiger partial charge in [0.2, 0.25) is 0 Å². The van der Waals surface area contributed by atoms with Crippen molar-refractivity contribution in [2.24, 2.45) is 5.73 Å². The molecule has 0 aliphatic heterocycles. The van der Waals surface area contributed by atoms with E-state index in [4.69, 9.17) is 15.2 Å². The van der Waals surface area contributed by atoms with Gasteiger partial charge in [0.1, 0.15) is 29.1 Å². The number of aliphatic hydroxyl groups excluding tert-OH is 1. The predicted molar refractivity (Wildman–Crippen MR) is 113 cm³/mol. The highest BCUT2D eigenvalue weighted by Gasteiger charge is 2.37. The molecule has 0 fully saturated rings. The van der Waals surface area contributed by atoms with E-state index in [-0.39, 0.29) is 25.1 Å². The molecule has 0 saturated carbocycles. The molecule has 2 atom stereocenters. The van der Waals surface area contributed by atoms with Crippen LogP contribution in [-0.2, 0) is 22.4 Å². The summed E-state index contributed by atoms with van der Waals surface area (Å²) in [5, 5.41) is 10.9. The molecule has 0 radical (unpaired) electrons. The number of amides is 1. The average Bonchev–Trinajstić information content (AvgIpc) is 2.66. The van der Waals surface area contributed by atoms with Gasteiger partial charge in [0.25, 0.3) is 0 Å². The second kappa shape index (κ2) is 10.2. The molecule has 0 aromatic heterocycles. The molecule has 0 aliphatic carbocycles. The van der Waals surface area contributed by atoms with Crippen LogP contribution in [-0.4, -0.2) is 47.2 Å². The van der Waals surface area contributed by atoms with Gasteiger partial charge in [-0.05, 0) is 44.0 Å². The summed E-state index contributed by atoms with van der Waals surface area (Å²) in [6.45, 7) is 5.17. The molecule has 8 heteroatoms. The number of hydrogen-bond acceptors (Lipinski definition) is 5. The number of nitrogens with zero attached hydrogens (tertiary/aromatic N) is 1. The van der Waals surface area contributed by atoms with Crippen LogP contribution in [0.15, 0.2) is 48.5 Å². The van der Waals surface area contributed by atoms with Gasteiger partial charge in [0.05, 0.1) is 6.54 Å². The maximum absolute atomic E-state index is 13.6. The topological polar surface area (TPSA) is 85.0 Å². The molecule has 0 heterocycles. The van der Waals surface area contributed by atoms with E-state index < -0.39 is 35.2 Å². The summed E-state index contributed by atoms with van der Waals surface area (Å²) >= 11 is 0. The molecule has 0 unspecified atom stereocenters. The minimum absolute atomic E-state index is 0.168. The summed E-state index contributed by atoms with van der Waals surface area (Å²) in [7, 11) is 1.29. The summed E-state index contributed by atoms with van der Waals surface area (Å²) in [5.41, 5.74) is 4.85. The van der Waals surface area contributed by atoms with Crippen molar-refractivity contribution in [1.29, 1.82) is 0 Å². The molecule has 2 rings (SSSR count). The Kier molecular flexibility index (Phi) is 8.11. The smallest absolute Gasteiger partial charge is 0.410 e. The highest BCUT2D eigenvalue weighted by atomic mass is 19.1. The number of aliphatic hydroxyl groups is 1. The highest BCUT2D eigenvalue weighted by molar-refractivity contribution is 5.68. The Balaban J connectivity index is 2.23. The van der Waals surface area contributed by atoms with Crippen LogP contribution in [0, 0.1) is 11.6 Å².